The molecule has 122 valence electrons. The summed E-state index contributed by atoms with van der Waals surface area (Å²) in [4.78, 5) is 16.6. The predicted octanol–water partition coefficient (Wildman–Crippen LogP) is 3.62. The van der Waals surface area contributed by atoms with Crippen molar-refractivity contribution in [2.75, 3.05) is 12.1 Å². The van der Waals surface area contributed by atoms with Gasteiger partial charge in [-0.15, -0.1) is 11.3 Å². The third-order valence-corrected chi connectivity index (χ3v) is 4.41. The van der Waals surface area contributed by atoms with E-state index in [9.17, 15) is 4.79 Å². The highest BCUT2D eigenvalue weighted by molar-refractivity contribution is 7.13. The minimum absolute atomic E-state index is 0.138. The third kappa shape index (κ3) is 2.98. The first kappa shape index (κ1) is 14.8. The van der Waals surface area contributed by atoms with Crippen LogP contribution in [0.3, 0.4) is 0 Å². The highest BCUT2D eigenvalue weighted by Gasteiger charge is 2.15. The molecule has 24 heavy (non-hydrogen) atoms. The number of nitrogens with one attached hydrogen (secondary N) is 1. The second kappa shape index (κ2) is 6.01. The van der Waals surface area contributed by atoms with Crippen LogP contribution in [0.4, 0.5) is 5.69 Å². The van der Waals surface area contributed by atoms with Crippen LogP contribution in [0.25, 0.3) is 10.8 Å². The van der Waals surface area contributed by atoms with E-state index >= 15 is 0 Å². The van der Waals surface area contributed by atoms with Crippen molar-refractivity contribution in [2.45, 2.75) is 13.3 Å². The number of carbonyl (C=O) groups excluding carboxylic acids is 1. The Morgan fingerprint density at radius 3 is 2.96 bits per heavy atom. The molecule has 0 saturated carbocycles. The van der Waals surface area contributed by atoms with Crippen molar-refractivity contribution >= 4 is 22.9 Å². The Balaban J connectivity index is 1.42. The maximum absolute atomic E-state index is 12.2. The number of fused-ring (bicyclic) bond motifs is 1. The topological polar surface area (TPSA) is 73.6 Å². The Bertz CT molecular complexity index is 900. The smallest absolute Gasteiger partial charge is 0.231 e. The van der Waals surface area contributed by atoms with Gasteiger partial charge in [-0.05, 0) is 31.2 Å². The molecule has 1 N–H and O–H groups in total. The van der Waals surface area contributed by atoms with Gasteiger partial charge >= 0.3 is 0 Å². The molecule has 6 nitrogen and oxygen atoms in total. The van der Waals surface area contributed by atoms with Gasteiger partial charge in [0.25, 0.3) is 0 Å². The van der Waals surface area contributed by atoms with Crippen molar-refractivity contribution in [3.8, 4) is 22.3 Å². The van der Waals surface area contributed by atoms with E-state index in [0.717, 1.165) is 16.5 Å². The van der Waals surface area contributed by atoms with E-state index in [2.05, 4.69) is 10.3 Å². The van der Waals surface area contributed by atoms with E-state index in [-0.39, 0.29) is 19.1 Å². The van der Waals surface area contributed by atoms with Crippen LogP contribution in [0.5, 0.6) is 11.5 Å². The van der Waals surface area contributed by atoms with Crippen LogP contribution < -0.4 is 14.8 Å². The molecule has 3 aromatic rings. The van der Waals surface area contributed by atoms with Gasteiger partial charge in [0.2, 0.25) is 12.7 Å². The van der Waals surface area contributed by atoms with Gasteiger partial charge in [0.05, 0.1) is 12.1 Å². The predicted molar refractivity (Wildman–Crippen MR) is 89.5 cm³/mol. The number of anilines is 1. The largest absolute Gasteiger partial charge is 0.459 e. The fraction of sp³-hybridized carbons (Fsp3) is 0.176. The molecule has 0 saturated heterocycles. The average molecular weight is 342 g/mol. The summed E-state index contributed by atoms with van der Waals surface area (Å²) < 4.78 is 16.1. The third-order valence-electron chi connectivity index (χ3n) is 3.50. The van der Waals surface area contributed by atoms with Crippen LogP contribution in [-0.4, -0.2) is 17.7 Å². The van der Waals surface area contributed by atoms with Crippen LogP contribution in [0.1, 0.15) is 11.5 Å². The van der Waals surface area contributed by atoms with Crippen molar-refractivity contribution < 1.29 is 18.7 Å². The lowest BCUT2D eigenvalue weighted by Crippen LogP contribution is -2.14. The number of carbonyl (C=O) groups is 1. The van der Waals surface area contributed by atoms with Crippen LogP contribution >= 0.6 is 11.3 Å². The van der Waals surface area contributed by atoms with Crippen LogP contribution in [0, 0.1) is 6.92 Å². The molecule has 0 unspecified atom stereocenters. The van der Waals surface area contributed by atoms with Gasteiger partial charge in [0.1, 0.15) is 5.76 Å². The minimum Gasteiger partial charge on any atom is -0.459 e. The number of hydrogen-bond acceptors (Lipinski definition) is 6. The van der Waals surface area contributed by atoms with Gasteiger partial charge in [-0.25, -0.2) is 4.98 Å². The molecular formula is C17H14N2O4S. The van der Waals surface area contributed by atoms with Crippen molar-refractivity contribution in [1.82, 2.24) is 4.98 Å². The zero-order valence-electron chi connectivity index (χ0n) is 12.9. The number of nitrogens with zero attached hydrogens (tertiary/aromatic N) is 1. The Labute approximate surface area is 142 Å². The van der Waals surface area contributed by atoms with E-state index < -0.39 is 0 Å². The molecule has 3 heterocycles. The number of amides is 1. The molecule has 0 spiro atoms. The number of ether oxygens (including phenoxy) is 2. The molecule has 2 aromatic heterocycles. The number of aromatic nitrogens is 1. The van der Waals surface area contributed by atoms with E-state index in [1.54, 1.807) is 18.2 Å². The molecule has 1 amide bonds. The molecule has 0 fully saturated rings. The fourth-order valence-corrected chi connectivity index (χ4v) is 3.17. The molecule has 0 radical (unpaired) electrons. The Morgan fingerprint density at radius 1 is 1.25 bits per heavy atom. The van der Waals surface area contributed by atoms with Gasteiger partial charge in [-0.1, -0.05) is 0 Å². The number of rotatable bonds is 4. The van der Waals surface area contributed by atoms with Crippen molar-refractivity contribution in [2.24, 2.45) is 0 Å². The molecule has 0 atom stereocenters. The highest BCUT2D eigenvalue weighted by atomic mass is 32.1. The van der Waals surface area contributed by atoms with Crippen LogP contribution in [0.2, 0.25) is 0 Å². The van der Waals surface area contributed by atoms with E-state index in [0.29, 0.717) is 22.9 Å². The molecular weight excluding hydrogens is 328 g/mol. The zero-order chi connectivity index (χ0) is 16.5. The lowest BCUT2D eigenvalue weighted by atomic mass is 10.2. The second-order valence-electron chi connectivity index (χ2n) is 5.35. The molecule has 1 aliphatic heterocycles. The average Bonchev–Trinajstić information content (AvgIpc) is 3.27. The Morgan fingerprint density at radius 2 is 2.12 bits per heavy atom. The minimum atomic E-state index is -0.138. The summed E-state index contributed by atoms with van der Waals surface area (Å²) in [6.07, 6.45) is 0.199. The molecule has 1 aromatic carbocycles. The summed E-state index contributed by atoms with van der Waals surface area (Å²) in [5.41, 5.74) is 1.38. The highest BCUT2D eigenvalue weighted by Crippen LogP contribution is 2.34. The summed E-state index contributed by atoms with van der Waals surface area (Å²) >= 11 is 1.46. The normalized spacial score (nSPS) is 12.4. The number of aryl methyl sites for hydroxylation is 1. The molecule has 7 heteroatoms. The SMILES string of the molecule is Cc1ccc(-c2nc(CC(=O)Nc3ccc4c(c3)OCO4)cs2)o1. The van der Waals surface area contributed by atoms with E-state index in [1.807, 2.05) is 24.4 Å². The number of thiazole rings is 1. The van der Waals surface area contributed by atoms with E-state index in [1.165, 1.54) is 11.3 Å². The van der Waals surface area contributed by atoms with Gasteiger partial charge in [-0.2, -0.15) is 0 Å². The number of benzene rings is 1. The summed E-state index contributed by atoms with van der Waals surface area (Å²) in [7, 11) is 0. The summed E-state index contributed by atoms with van der Waals surface area (Å²) in [6.45, 7) is 2.09. The molecule has 1 aliphatic rings. The maximum atomic E-state index is 12.2. The zero-order valence-corrected chi connectivity index (χ0v) is 13.7. The maximum Gasteiger partial charge on any atom is 0.231 e. The monoisotopic (exact) mass is 342 g/mol. The molecule has 4 rings (SSSR count). The van der Waals surface area contributed by atoms with E-state index in [4.69, 9.17) is 13.9 Å². The Kier molecular flexibility index (Phi) is 3.70. The van der Waals surface area contributed by atoms with Gasteiger partial charge in [0, 0.05) is 17.1 Å². The first-order chi connectivity index (χ1) is 11.7. The lowest BCUT2D eigenvalue weighted by molar-refractivity contribution is -0.115. The lowest BCUT2D eigenvalue weighted by Gasteiger charge is -2.05. The van der Waals surface area contributed by atoms with Crippen LogP contribution in [-0.2, 0) is 11.2 Å². The van der Waals surface area contributed by atoms with Gasteiger partial charge in [0.15, 0.2) is 22.3 Å². The summed E-state index contributed by atoms with van der Waals surface area (Å²) in [5.74, 6) is 2.74. The molecule has 0 aliphatic carbocycles. The summed E-state index contributed by atoms with van der Waals surface area (Å²) in [5, 5.41) is 5.48. The first-order valence-electron chi connectivity index (χ1n) is 7.38. The quantitative estimate of drug-likeness (QED) is 0.784. The van der Waals surface area contributed by atoms with Gasteiger partial charge in [-0.3, -0.25) is 4.79 Å². The second-order valence-corrected chi connectivity index (χ2v) is 6.21. The fourth-order valence-electron chi connectivity index (χ4n) is 2.39. The van der Waals surface area contributed by atoms with Crippen molar-refractivity contribution in [3.05, 3.63) is 47.2 Å². The van der Waals surface area contributed by atoms with Gasteiger partial charge < -0.3 is 19.2 Å². The molecule has 0 bridgehead atoms. The number of hydrogen-bond donors (Lipinski definition) is 1. The van der Waals surface area contributed by atoms with Crippen molar-refractivity contribution in [3.63, 3.8) is 0 Å². The summed E-state index contributed by atoms with van der Waals surface area (Å²) in [6, 6.07) is 9.08. The standard InChI is InChI=1S/C17H14N2O4S/c1-10-2-4-14(23-10)17-19-12(8-24-17)7-16(20)18-11-3-5-13-15(6-11)22-9-21-13/h2-6,8H,7,9H2,1H3,(H,18,20). The van der Waals surface area contributed by atoms with Crippen molar-refractivity contribution in [1.29, 1.82) is 0 Å². The first-order valence-corrected chi connectivity index (χ1v) is 8.26. The van der Waals surface area contributed by atoms with Crippen LogP contribution in [0.15, 0.2) is 40.1 Å². The Hall–Kier alpha value is -2.80. The number of furan rings is 1.